The molecule has 3 atom stereocenters. The molecule has 2 aliphatic heterocycles. The molecule has 0 aliphatic carbocycles. The number of aliphatic imine (C=N–C) groups is 1. The van der Waals surface area contributed by atoms with Crippen LogP contribution in [0.3, 0.4) is 0 Å². The molecule has 0 bridgehead atoms. The minimum absolute atomic E-state index is 0.00389. The summed E-state index contributed by atoms with van der Waals surface area (Å²) in [6.45, 7) is 4.47. The standard InChI is InChI=1S/C23H28F3N5O3S/c1-12-9-14(34-21(25)26)11-28-18(12)19(32)30-13-5-6-16(24)15(10-13)23(4)17-7-8-29-35(17,33)22(2,3)20(27)31-23/h5-6,9-11,17,21,29,33H,7-8H2,1-4H3,(H2,27,31)(H,30,32)/t17-,23+/m0/s1. The number of nitrogens with zero attached hydrogens (tertiary/aromatic N) is 2. The molecule has 1 amide bonds. The summed E-state index contributed by atoms with van der Waals surface area (Å²) in [6.07, 6.45) is 1.61. The van der Waals surface area contributed by atoms with Crippen molar-refractivity contribution in [2.45, 2.75) is 56.3 Å². The normalized spacial score (nSPS) is 29.2. The molecule has 1 fully saturated rings. The number of carbonyl (C=O) groups is 1. The van der Waals surface area contributed by atoms with E-state index in [0.717, 1.165) is 6.20 Å². The number of rotatable bonds is 5. The van der Waals surface area contributed by atoms with Crippen LogP contribution in [0.15, 0.2) is 35.5 Å². The molecule has 1 aromatic heterocycles. The molecular weight excluding hydrogens is 483 g/mol. The van der Waals surface area contributed by atoms with Crippen molar-refractivity contribution < 1.29 is 27.3 Å². The van der Waals surface area contributed by atoms with Gasteiger partial charge in [-0.15, -0.1) is 0 Å². The Morgan fingerprint density at radius 3 is 2.71 bits per heavy atom. The fourth-order valence-corrected chi connectivity index (χ4v) is 8.12. The molecule has 35 heavy (non-hydrogen) atoms. The van der Waals surface area contributed by atoms with Crippen molar-refractivity contribution in [1.82, 2.24) is 9.71 Å². The SMILES string of the molecule is Cc1cc(OC(F)F)cnc1C(=O)Nc1ccc(F)c([C@@]2(C)N=C(N)C(C)(C)S3(O)NCC[C@@H]23)c1. The molecule has 1 unspecified atom stereocenters. The zero-order chi connectivity index (χ0) is 25.8. The molecule has 8 nitrogen and oxygen atoms in total. The van der Waals surface area contributed by atoms with Crippen molar-refractivity contribution in [1.29, 1.82) is 0 Å². The van der Waals surface area contributed by atoms with Gasteiger partial charge in [0, 0.05) is 17.8 Å². The Labute approximate surface area is 202 Å². The highest BCUT2D eigenvalue weighted by Crippen LogP contribution is 2.67. The molecule has 2 aromatic rings. The maximum Gasteiger partial charge on any atom is 0.387 e. The summed E-state index contributed by atoms with van der Waals surface area (Å²) in [5, 5.41) is 2.27. The second-order valence-corrected chi connectivity index (χ2v) is 12.4. The third kappa shape index (κ3) is 4.13. The number of carbonyl (C=O) groups excluding carboxylic acids is 1. The number of fused-ring (bicyclic) bond motifs is 1. The van der Waals surface area contributed by atoms with Crippen LogP contribution in [0.5, 0.6) is 5.75 Å². The van der Waals surface area contributed by atoms with E-state index >= 15 is 4.39 Å². The number of ether oxygens (including phenoxy) is 1. The highest BCUT2D eigenvalue weighted by Gasteiger charge is 2.60. The highest BCUT2D eigenvalue weighted by molar-refractivity contribution is 8.29. The third-order valence-corrected chi connectivity index (χ3v) is 10.7. The summed E-state index contributed by atoms with van der Waals surface area (Å²) in [5.74, 6) is -1.09. The number of benzene rings is 1. The van der Waals surface area contributed by atoms with Crippen LogP contribution >= 0.6 is 10.5 Å². The Hall–Kier alpha value is -2.83. The van der Waals surface area contributed by atoms with Crippen LogP contribution in [0.2, 0.25) is 0 Å². The van der Waals surface area contributed by atoms with E-state index in [1.165, 1.54) is 31.2 Å². The van der Waals surface area contributed by atoms with Gasteiger partial charge in [0.05, 0.1) is 16.2 Å². The van der Waals surface area contributed by atoms with Crippen LogP contribution in [-0.4, -0.2) is 44.4 Å². The Morgan fingerprint density at radius 1 is 1.34 bits per heavy atom. The maximum absolute atomic E-state index is 15.2. The van der Waals surface area contributed by atoms with Gasteiger partial charge in [0.25, 0.3) is 5.91 Å². The van der Waals surface area contributed by atoms with Crippen LogP contribution < -0.4 is 20.5 Å². The predicted octanol–water partition coefficient (Wildman–Crippen LogP) is 4.30. The summed E-state index contributed by atoms with van der Waals surface area (Å²) in [7, 11) is -2.48. The van der Waals surface area contributed by atoms with Gasteiger partial charge in [0.2, 0.25) is 0 Å². The Kier molecular flexibility index (Phi) is 6.27. The molecule has 2 aliphatic rings. The van der Waals surface area contributed by atoms with Crippen LogP contribution in [0, 0.1) is 12.7 Å². The van der Waals surface area contributed by atoms with E-state index in [1.54, 1.807) is 6.92 Å². The number of amidine groups is 1. The number of halogens is 3. The number of aryl methyl sites for hydroxylation is 1. The van der Waals surface area contributed by atoms with E-state index in [1.807, 2.05) is 13.8 Å². The number of pyridine rings is 1. The molecule has 1 saturated heterocycles. The Morgan fingerprint density at radius 2 is 2.06 bits per heavy atom. The quantitative estimate of drug-likeness (QED) is 0.475. The Balaban J connectivity index is 1.67. The minimum Gasteiger partial charge on any atom is -0.433 e. The number of hydrogen-bond donors (Lipinski definition) is 4. The zero-order valence-electron chi connectivity index (χ0n) is 19.7. The van der Waals surface area contributed by atoms with Gasteiger partial charge in [-0.05, 0) is 63.9 Å². The molecule has 3 heterocycles. The first kappa shape index (κ1) is 25.3. The van der Waals surface area contributed by atoms with Crippen molar-refractivity contribution >= 4 is 27.9 Å². The molecule has 5 N–H and O–H groups in total. The van der Waals surface area contributed by atoms with E-state index in [2.05, 4.69) is 24.8 Å². The lowest BCUT2D eigenvalue weighted by molar-refractivity contribution is -0.0501. The number of nitrogens with one attached hydrogen (secondary N) is 2. The first-order chi connectivity index (χ1) is 16.3. The van der Waals surface area contributed by atoms with Gasteiger partial charge in [-0.3, -0.25) is 14.5 Å². The van der Waals surface area contributed by atoms with Crippen LogP contribution in [-0.2, 0) is 5.54 Å². The summed E-state index contributed by atoms with van der Waals surface area (Å²) >= 11 is 0. The first-order valence-electron chi connectivity index (χ1n) is 11.0. The average molecular weight is 512 g/mol. The molecular formula is C23H28F3N5O3S. The second kappa shape index (κ2) is 8.68. The average Bonchev–Trinajstić information content (AvgIpc) is 3.18. The number of aromatic nitrogens is 1. The van der Waals surface area contributed by atoms with Gasteiger partial charge >= 0.3 is 6.61 Å². The zero-order valence-corrected chi connectivity index (χ0v) is 20.5. The molecule has 0 radical (unpaired) electrons. The van der Waals surface area contributed by atoms with Gasteiger partial charge < -0.3 is 20.3 Å². The fourth-order valence-electron chi connectivity index (χ4n) is 4.75. The largest absolute Gasteiger partial charge is 0.433 e. The van der Waals surface area contributed by atoms with Gasteiger partial charge in [-0.25, -0.2) is 9.37 Å². The summed E-state index contributed by atoms with van der Waals surface area (Å²) < 4.78 is 58.4. The lowest BCUT2D eigenvalue weighted by Gasteiger charge is -2.56. The van der Waals surface area contributed by atoms with E-state index < -0.39 is 44.4 Å². The van der Waals surface area contributed by atoms with Crippen molar-refractivity contribution in [3.8, 4) is 5.75 Å². The van der Waals surface area contributed by atoms with Gasteiger partial charge in [-0.2, -0.15) is 8.78 Å². The molecule has 0 saturated carbocycles. The summed E-state index contributed by atoms with van der Waals surface area (Å²) in [6, 6.07) is 5.38. The molecule has 190 valence electrons. The number of nitrogens with two attached hydrogens (primary N) is 1. The van der Waals surface area contributed by atoms with Crippen molar-refractivity contribution in [2.75, 3.05) is 11.9 Å². The fraction of sp³-hybridized carbons (Fsp3) is 0.435. The number of anilines is 1. The van der Waals surface area contributed by atoms with Crippen LogP contribution in [0.1, 0.15) is 48.8 Å². The van der Waals surface area contributed by atoms with Crippen LogP contribution in [0.25, 0.3) is 0 Å². The molecule has 0 spiro atoms. The lowest BCUT2D eigenvalue weighted by atomic mass is 9.85. The lowest BCUT2D eigenvalue weighted by Crippen LogP contribution is -2.57. The Bertz CT molecular complexity index is 1210. The van der Waals surface area contributed by atoms with E-state index in [4.69, 9.17) is 5.73 Å². The van der Waals surface area contributed by atoms with Crippen LogP contribution in [0.4, 0.5) is 18.9 Å². The summed E-state index contributed by atoms with van der Waals surface area (Å²) in [5.41, 5.74) is 5.92. The summed E-state index contributed by atoms with van der Waals surface area (Å²) in [4.78, 5) is 21.5. The maximum atomic E-state index is 15.2. The van der Waals surface area contributed by atoms with E-state index in [9.17, 15) is 18.1 Å². The van der Waals surface area contributed by atoms with E-state index in [0.29, 0.717) is 18.5 Å². The number of amides is 1. The highest BCUT2D eigenvalue weighted by atomic mass is 32.3. The van der Waals surface area contributed by atoms with Crippen molar-refractivity contribution in [2.24, 2.45) is 10.7 Å². The monoisotopic (exact) mass is 511 g/mol. The van der Waals surface area contributed by atoms with Gasteiger partial charge in [0.15, 0.2) is 0 Å². The number of alkyl halides is 2. The van der Waals surface area contributed by atoms with E-state index in [-0.39, 0.29) is 28.5 Å². The smallest absolute Gasteiger partial charge is 0.387 e. The topological polar surface area (TPSA) is 122 Å². The molecule has 1 aromatic carbocycles. The van der Waals surface area contributed by atoms with Crippen molar-refractivity contribution in [3.63, 3.8) is 0 Å². The minimum atomic E-state index is -3.01. The van der Waals surface area contributed by atoms with Crippen molar-refractivity contribution in [3.05, 3.63) is 53.1 Å². The number of hydrogen-bond acceptors (Lipinski definition) is 7. The molecule has 4 rings (SSSR count). The molecule has 12 heteroatoms. The first-order valence-corrected chi connectivity index (χ1v) is 12.6. The van der Waals surface area contributed by atoms with Gasteiger partial charge in [-0.1, -0.05) is 10.5 Å². The second-order valence-electron chi connectivity index (χ2n) is 9.32. The van der Waals surface area contributed by atoms with Gasteiger partial charge in [0.1, 0.15) is 28.6 Å². The predicted molar refractivity (Wildman–Crippen MR) is 130 cm³/mol. The third-order valence-electron chi connectivity index (χ3n) is 6.78.